The fraction of sp³-hybridized carbons (Fsp3) is 0.333. The van der Waals surface area contributed by atoms with Crippen LogP contribution in [-0.2, 0) is 0 Å². The largest absolute Gasteiger partial charge is 0.491 e. The van der Waals surface area contributed by atoms with Gasteiger partial charge in [-0.1, -0.05) is 0 Å². The van der Waals surface area contributed by atoms with E-state index < -0.39 is 11.6 Å². The summed E-state index contributed by atoms with van der Waals surface area (Å²) in [5, 5.41) is 0. The monoisotopic (exact) mass is 172 g/mol. The van der Waals surface area contributed by atoms with Crippen LogP contribution in [0.3, 0.4) is 0 Å². The predicted octanol–water partition coefficient (Wildman–Crippen LogP) is 2.67. The molecule has 0 aromatic heterocycles. The maximum atomic E-state index is 13.1. The van der Waals surface area contributed by atoms with Crippen LogP contribution < -0.4 is 4.74 Å². The molecule has 0 unspecified atom stereocenters. The van der Waals surface area contributed by atoms with Gasteiger partial charge in [0.15, 0.2) is 11.6 Å². The lowest BCUT2D eigenvalue weighted by molar-refractivity contribution is 0.319. The number of benzene rings is 1. The lowest BCUT2D eigenvalue weighted by Gasteiger charge is -2.06. The first-order valence-electron chi connectivity index (χ1n) is 3.74. The summed E-state index contributed by atoms with van der Waals surface area (Å²) in [7, 11) is 0. The molecule has 0 aliphatic carbocycles. The van der Waals surface area contributed by atoms with Crippen LogP contribution in [0.2, 0.25) is 0 Å². The highest BCUT2D eigenvalue weighted by atomic mass is 19.1. The minimum atomic E-state index is -0.614. The number of hydrogen-bond donors (Lipinski definition) is 0. The number of rotatable bonds is 2. The summed E-state index contributed by atoms with van der Waals surface area (Å²) < 4.78 is 30.7. The molecule has 0 aliphatic heterocycles. The van der Waals surface area contributed by atoms with E-state index in [-0.39, 0.29) is 11.3 Å². The highest BCUT2D eigenvalue weighted by molar-refractivity contribution is 5.31. The van der Waals surface area contributed by atoms with E-state index in [9.17, 15) is 8.78 Å². The molecule has 0 atom stereocenters. The molecule has 0 heterocycles. The zero-order valence-corrected chi connectivity index (χ0v) is 7.03. The Bertz CT molecular complexity index is 284. The molecule has 0 fully saturated rings. The predicted molar refractivity (Wildman–Crippen MR) is 42.3 cm³/mol. The zero-order chi connectivity index (χ0) is 9.14. The molecule has 1 aromatic carbocycles. The van der Waals surface area contributed by atoms with Crippen LogP contribution in [0.4, 0.5) is 8.78 Å². The second-order valence-corrected chi connectivity index (χ2v) is 2.42. The maximum absolute atomic E-state index is 13.1. The summed E-state index contributed by atoms with van der Waals surface area (Å²) >= 11 is 0. The number of halogens is 2. The quantitative estimate of drug-likeness (QED) is 0.666. The molecule has 3 heteroatoms. The molecule has 12 heavy (non-hydrogen) atoms. The fourth-order valence-corrected chi connectivity index (χ4v) is 0.904. The van der Waals surface area contributed by atoms with Crippen molar-refractivity contribution in [3.8, 4) is 5.75 Å². The Hall–Kier alpha value is -1.12. The summed E-state index contributed by atoms with van der Waals surface area (Å²) in [6.45, 7) is 3.51. The average molecular weight is 172 g/mol. The second-order valence-electron chi connectivity index (χ2n) is 2.42. The Morgan fingerprint density at radius 3 is 2.58 bits per heavy atom. The van der Waals surface area contributed by atoms with Gasteiger partial charge in [-0.25, -0.2) is 8.78 Å². The minimum absolute atomic E-state index is 0.000880. The molecule has 0 radical (unpaired) electrons. The maximum Gasteiger partial charge on any atom is 0.170 e. The molecule has 0 bridgehead atoms. The van der Waals surface area contributed by atoms with E-state index in [4.69, 9.17) is 4.74 Å². The van der Waals surface area contributed by atoms with E-state index in [1.807, 2.05) is 0 Å². The van der Waals surface area contributed by atoms with Crippen LogP contribution in [-0.4, -0.2) is 6.61 Å². The van der Waals surface area contributed by atoms with E-state index in [1.54, 1.807) is 6.92 Å². The fourth-order valence-electron chi connectivity index (χ4n) is 0.904. The normalized spacial score (nSPS) is 10.0. The van der Waals surface area contributed by atoms with Crippen LogP contribution in [0.5, 0.6) is 5.75 Å². The van der Waals surface area contributed by atoms with Gasteiger partial charge >= 0.3 is 0 Å². The SMILES string of the molecule is CCOc1ccc(F)c(C)c1F. The van der Waals surface area contributed by atoms with Gasteiger partial charge < -0.3 is 4.74 Å². The first-order valence-corrected chi connectivity index (χ1v) is 3.74. The Balaban J connectivity index is 3.08. The summed E-state index contributed by atoms with van der Waals surface area (Å²) in [6, 6.07) is 2.49. The van der Waals surface area contributed by atoms with Crippen LogP contribution in [0.1, 0.15) is 12.5 Å². The van der Waals surface area contributed by atoms with Crippen LogP contribution in [0.15, 0.2) is 12.1 Å². The van der Waals surface area contributed by atoms with Gasteiger partial charge in [0, 0.05) is 5.56 Å². The Labute approximate surface area is 70.0 Å². The molecule has 1 nitrogen and oxygen atoms in total. The number of ether oxygens (including phenoxy) is 1. The Kier molecular flexibility index (Phi) is 2.63. The third-order valence-corrected chi connectivity index (χ3v) is 1.58. The molecule has 1 rings (SSSR count). The van der Waals surface area contributed by atoms with Crippen molar-refractivity contribution in [2.75, 3.05) is 6.61 Å². The molecule has 0 aliphatic rings. The first-order chi connectivity index (χ1) is 5.66. The zero-order valence-electron chi connectivity index (χ0n) is 7.03. The molecular weight excluding hydrogens is 162 g/mol. The number of hydrogen-bond acceptors (Lipinski definition) is 1. The van der Waals surface area contributed by atoms with Crippen molar-refractivity contribution in [2.45, 2.75) is 13.8 Å². The van der Waals surface area contributed by atoms with Gasteiger partial charge in [-0.3, -0.25) is 0 Å². The Morgan fingerprint density at radius 1 is 1.33 bits per heavy atom. The van der Waals surface area contributed by atoms with Crippen molar-refractivity contribution in [2.24, 2.45) is 0 Å². The highest BCUT2D eigenvalue weighted by Crippen LogP contribution is 2.21. The Morgan fingerprint density at radius 2 is 2.00 bits per heavy atom. The van der Waals surface area contributed by atoms with Crippen molar-refractivity contribution in [1.82, 2.24) is 0 Å². The van der Waals surface area contributed by atoms with Gasteiger partial charge in [-0.05, 0) is 26.0 Å². The van der Waals surface area contributed by atoms with E-state index in [0.29, 0.717) is 6.61 Å². The second kappa shape index (κ2) is 3.52. The summed E-state index contributed by atoms with van der Waals surface area (Å²) in [5.41, 5.74) is 0.000880. The third kappa shape index (κ3) is 1.55. The molecule has 0 saturated carbocycles. The van der Waals surface area contributed by atoms with Gasteiger partial charge in [0.05, 0.1) is 6.61 Å². The minimum Gasteiger partial charge on any atom is -0.491 e. The summed E-state index contributed by atoms with van der Waals surface area (Å²) in [5.74, 6) is -1.05. The highest BCUT2D eigenvalue weighted by Gasteiger charge is 2.09. The van der Waals surface area contributed by atoms with Crippen molar-refractivity contribution in [3.63, 3.8) is 0 Å². The molecule has 1 aromatic rings. The lowest BCUT2D eigenvalue weighted by Crippen LogP contribution is -1.97. The summed E-state index contributed by atoms with van der Waals surface area (Å²) in [4.78, 5) is 0. The summed E-state index contributed by atoms with van der Waals surface area (Å²) in [6.07, 6.45) is 0. The van der Waals surface area contributed by atoms with E-state index in [0.717, 1.165) is 0 Å². The van der Waals surface area contributed by atoms with Crippen LogP contribution in [0, 0.1) is 18.6 Å². The van der Waals surface area contributed by atoms with Crippen molar-refractivity contribution < 1.29 is 13.5 Å². The molecule has 0 amide bonds. The van der Waals surface area contributed by atoms with E-state index in [2.05, 4.69) is 0 Å². The van der Waals surface area contributed by atoms with Gasteiger partial charge in [0.1, 0.15) is 5.82 Å². The standard InChI is InChI=1S/C9H10F2O/c1-3-12-8-5-4-7(10)6(2)9(8)11/h4-5H,3H2,1-2H3. The van der Waals surface area contributed by atoms with Crippen LogP contribution >= 0.6 is 0 Å². The molecular formula is C9H10F2O. The molecule has 66 valence electrons. The smallest absolute Gasteiger partial charge is 0.170 e. The van der Waals surface area contributed by atoms with Gasteiger partial charge in [-0.2, -0.15) is 0 Å². The third-order valence-electron chi connectivity index (χ3n) is 1.58. The van der Waals surface area contributed by atoms with Gasteiger partial charge in [-0.15, -0.1) is 0 Å². The lowest BCUT2D eigenvalue weighted by atomic mass is 10.2. The van der Waals surface area contributed by atoms with Crippen molar-refractivity contribution in [3.05, 3.63) is 29.3 Å². The topological polar surface area (TPSA) is 9.23 Å². The molecule has 0 spiro atoms. The van der Waals surface area contributed by atoms with Crippen molar-refractivity contribution in [1.29, 1.82) is 0 Å². The van der Waals surface area contributed by atoms with Gasteiger partial charge in [0.2, 0.25) is 0 Å². The first kappa shape index (κ1) is 8.97. The van der Waals surface area contributed by atoms with E-state index >= 15 is 0 Å². The average Bonchev–Trinajstić information content (AvgIpc) is 2.07. The molecule has 0 saturated heterocycles. The van der Waals surface area contributed by atoms with E-state index in [1.165, 1.54) is 19.1 Å². The van der Waals surface area contributed by atoms with Crippen molar-refractivity contribution >= 4 is 0 Å². The molecule has 0 N–H and O–H groups in total. The van der Waals surface area contributed by atoms with Crippen LogP contribution in [0.25, 0.3) is 0 Å². The van der Waals surface area contributed by atoms with Gasteiger partial charge in [0.25, 0.3) is 0 Å².